The Morgan fingerprint density at radius 1 is 1.32 bits per heavy atom. The average molecular weight is 277 g/mol. The van der Waals surface area contributed by atoms with Crippen LogP contribution in [-0.2, 0) is 0 Å². The monoisotopic (exact) mass is 276 g/mol. The number of hydrogen-bond donors (Lipinski definition) is 3. The molecule has 1 amide bonds. The van der Waals surface area contributed by atoms with E-state index in [4.69, 9.17) is 16.0 Å². The van der Waals surface area contributed by atoms with Gasteiger partial charge >= 0.3 is 0 Å². The van der Waals surface area contributed by atoms with Crippen LogP contribution in [0.3, 0.4) is 0 Å². The number of anilines is 1. The van der Waals surface area contributed by atoms with Crippen molar-refractivity contribution in [2.45, 2.75) is 0 Å². The molecule has 96 valence electrons. The molecule has 2 heterocycles. The minimum Gasteiger partial charge on any atom is -0.506 e. The fourth-order valence-electron chi connectivity index (χ4n) is 1.77. The van der Waals surface area contributed by atoms with Gasteiger partial charge in [-0.1, -0.05) is 11.6 Å². The Labute approximate surface area is 112 Å². The first kappa shape index (κ1) is 11.7. The summed E-state index contributed by atoms with van der Waals surface area (Å²) in [7, 11) is 0. The molecular weight excluding hydrogens is 268 g/mol. The number of benzene rings is 1. The number of aromatic amines is 1. The molecule has 0 fully saturated rings. The Morgan fingerprint density at radius 2 is 2.16 bits per heavy atom. The van der Waals surface area contributed by atoms with Gasteiger partial charge in [0.2, 0.25) is 0 Å². The molecule has 3 N–H and O–H groups in total. The van der Waals surface area contributed by atoms with E-state index in [9.17, 15) is 9.90 Å². The van der Waals surface area contributed by atoms with Crippen molar-refractivity contribution >= 4 is 34.3 Å². The molecule has 5 nitrogen and oxygen atoms in total. The van der Waals surface area contributed by atoms with E-state index >= 15 is 0 Å². The van der Waals surface area contributed by atoms with E-state index in [1.54, 1.807) is 12.1 Å². The van der Waals surface area contributed by atoms with Crippen molar-refractivity contribution in [3.05, 3.63) is 47.3 Å². The van der Waals surface area contributed by atoms with Gasteiger partial charge in [0.25, 0.3) is 5.91 Å². The number of aromatic hydroxyl groups is 1. The van der Waals surface area contributed by atoms with Crippen molar-refractivity contribution in [3.63, 3.8) is 0 Å². The number of hydrogen-bond acceptors (Lipinski definition) is 3. The van der Waals surface area contributed by atoms with Crippen molar-refractivity contribution in [1.29, 1.82) is 0 Å². The van der Waals surface area contributed by atoms with Crippen LogP contribution in [-0.4, -0.2) is 16.0 Å². The van der Waals surface area contributed by atoms with Gasteiger partial charge in [0, 0.05) is 17.2 Å². The molecule has 0 saturated carbocycles. The fraction of sp³-hybridized carbons (Fsp3) is 0. The number of H-pyrrole nitrogens is 1. The number of halogens is 1. The third-order valence-corrected chi connectivity index (χ3v) is 2.93. The number of nitrogens with one attached hydrogen (secondary N) is 2. The maximum Gasteiger partial charge on any atom is 0.272 e. The zero-order valence-corrected chi connectivity index (χ0v) is 10.4. The molecular formula is C13H9ClN2O3. The lowest BCUT2D eigenvalue weighted by atomic mass is 10.3. The minimum absolute atomic E-state index is 0.0482. The van der Waals surface area contributed by atoms with Crippen molar-refractivity contribution in [2.24, 2.45) is 0 Å². The van der Waals surface area contributed by atoms with E-state index in [0.717, 1.165) is 5.52 Å². The molecule has 0 aliphatic rings. The highest BCUT2D eigenvalue weighted by atomic mass is 35.5. The van der Waals surface area contributed by atoms with Gasteiger partial charge in [0.15, 0.2) is 5.58 Å². The third-order valence-electron chi connectivity index (χ3n) is 2.69. The summed E-state index contributed by atoms with van der Waals surface area (Å²) >= 11 is 5.81. The Balaban J connectivity index is 1.88. The van der Waals surface area contributed by atoms with Crippen LogP contribution >= 0.6 is 11.6 Å². The molecule has 0 spiro atoms. The smallest absolute Gasteiger partial charge is 0.272 e. The van der Waals surface area contributed by atoms with E-state index in [0.29, 0.717) is 16.3 Å². The average Bonchev–Trinajstić information content (AvgIpc) is 2.94. The number of rotatable bonds is 2. The molecule has 0 bridgehead atoms. The number of phenolic OH excluding ortho intramolecular Hbond substituents is 1. The maximum atomic E-state index is 12.0. The molecule has 6 heteroatoms. The van der Waals surface area contributed by atoms with E-state index in [2.05, 4.69) is 10.3 Å². The van der Waals surface area contributed by atoms with Crippen LogP contribution in [0.5, 0.6) is 5.75 Å². The minimum atomic E-state index is -0.385. The molecule has 0 atom stereocenters. The van der Waals surface area contributed by atoms with Crippen LogP contribution in [0, 0.1) is 0 Å². The van der Waals surface area contributed by atoms with Gasteiger partial charge in [0.1, 0.15) is 11.4 Å². The predicted molar refractivity (Wildman–Crippen MR) is 71.6 cm³/mol. The zero-order chi connectivity index (χ0) is 13.4. The van der Waals surface area contributed by atoms with Crippen LogP contribution in [0.4, 0.5) is 5.69 Å². The summed E-state index contributed by atoms with van der Waals surface area (Å²) in [5.74, 6) is -0.433. The lowest BCUT2D eigenvalue weighted by molar-refractivity contribution is 0.102. The number of fused-ring (bicyclic) bond motifs is 1. The lowest BCUT2D eigenvalue weighted by Crippen LogP contribution is -2.12. The number of aromatic nitrogens is 1. The summed E-state index contributed by atoms with van der Waals surface area (Å²) in [6.07, 6.45) is 1.53. The first-order chi connectivity index (χ1) is 9.13. The SMILES string of the molecule is O=C(Nc1cc(Cl)ccc1O)c1cc2occc2[nH]1. The second kappa shape index (κ2) is 4.37. The second-order valence-corrected chi connectivity index (χ2v) is 4.43. The standard InChI is InChI=1S/C13H9ClN2O3/c14-7-1-2-11(17)9(5-7)16-13(18)10-6-12-8(15-10)3-4-19-12/h1-6,15,17H,(H,16,18). The summed E-state index contributed by atoms with van der Waals surface area (Å²) in [6, 6.07) is 7.74. The fourth-order valence-corrected chi connectivity index (χ4v) is 1.94. The zero-order valence-electron chi connectivity index (χ0n) is 9.61. The maximum absolute atomic E-state index is 12.0. The summed E-state index contributed by atoms with van der Waals surface area (Å²) < 4.78 is 5.16. The highest BCUT2D eigenvalue weighted by Gasteiger charge is 2.13. The van der Waals surface area contributed by atoms with Gasteiger partial charge < -0.3 is 19.8 Å². The molecule has 0 radical (unpaired) electrons. The van der Waals surface area contributed by atoms with Gasteiger partial charge in [-0.25, -0.2) is 0 Å². The molecule has 0 unspecified atom stereocenters. The Kier molecular flexibility index (Phi) is 2.68. The molecule has 0 aliphatic carbocycles. The first-order valence-corrected chi connectivity index (χ1v) is 5.87. The van der Waals surface area contributed by atoms with Crippen molar-refractivity contribution < 1.29 is 14.3 Å². The Morgan fingerprint density at radius 3 is 2.95 bits per heavy atom. The van der Waals surface area contributed by atoms with Gasteiger partial charge in [-0.15, -0.1) is 0 Å². The number of carbonyl (C=O) groups excluding carboxylic acids is 1. The van der Waals surface area contributed by atoms with Gasteiger partial charge in [0.05, 0.1) is 17.5 Å². The van der Waals surface area contributed by atoms with Crippen molar-refractivity contribution in [1.82, 2.24) is 4.98 Å². The topological polar surface area (TPSA) is 78.3 Å². The van der Waals surface area contributed by atoms with Crippen LogP contribution in [0.1, 0.15) is 10.5 Å². The highest BCUT2D eigenvalue weighted by molar-refractivity contribution is 6.31. The summed E-state index contributed by atoms with van der Waals surface area (Å²) in [5, 5.41) is 12.6. The van der Waals surface area contributed by atoms with Gasteiger partial charge in [-0.2, -0.15) is 0 Å². The summed E-state index contributed by atoms with van der Waals surface area (Å²) in [6.45, 7) is 0. The number of phenols is 1. The van der Waals surface area contributed by atoms with Crippen LogP contribution in [0.15, 0.2) is 41.0 Å². The predicted octanol–water partition coefficient (Wildman–Crippen LogP) is 3.37. The largest absolute Gasteiger partial charge is 0.506 e. The van der Waals surface area contributed by atoms with E-state index in [1.807, 2.05) is 0 Å². The molecule has 3 rings (SSSR count). The van der Waals surface area contributed by atoms with Crippen LogP contribution in [0.25, 0.3) is 11.1 Å². The number of carbonyl (C=O) groups is 1. The molecule has 19 heavy (non-hydrogen) atoms. The first-order valence-electron chi connectivity index (χ1n) is 5.49. The number of amides is 1. The Bertz CT molecular complexity index is 732. The van der Waals surface area contributed by atoms with E-state index in [-0.39, 0.29) is 17.3 Å². The van der Waals surface area contributed by atoms with E-state index < -0.39 is 0 Å². The summed E-state index contributed by atoms with van der Waals surface area (Å²) in [4.78, 5) is 14.9. The third kappa shape index (κ3) is 2.15. The van der Waals surface area contributed by atoms with Crippen LogP contribution < -0.4 is 5.32 Å². The molecule has 0 aliphatic heterocycles. The van der Waals surface area contributed by atoms with Gasteiger partial charge in [-0.3, -0.25) is 4.79 Å². The second-order valence-electron chi connectivity index (χ2n) is 4.00. The van der Waals surface area contributed by atoms with Crippen molar-refractivity contribution in [2.75, 3.05) is 5.32 Å². The normalized spacial score (nSPS) is 10.8. The molecule has 0 saturated heterocycles. The van der Waals surface area contributed by atoms with Crippen molar-refractivity contribution in [3.8, 4) is 5.75 Å². The highest BCUT2D eigenvalue weighted by Crippen LogP contribution is 2.27. The van der Waals surface area contributed by atoms with Gasteiger partial charge in [-0.05, 0) is 18.2 Å². The van der Waals surface area contributed by atoms with E-state index in [1.165, 1.54) is 24.5 Å². The quantitative estimate of drug-likeness (QED) is 0.628. The molecule has 3 aromatic rings. The molecule has 2 aromatic heterocycles. The molecule has 1 aromatic carbocycles. The number of furan rings is 1. The lowest BCUT2D eigenvalue weighted by Gasteiger charge is -2.06. The Hall–Kier alpha value is -2.40. The van der Waals surface area contributed by atoms with Crippen LogP contribution in [0.2, 0.25) is 5.02 Å². The summed E-state index contributed by atoms with van der Waals surface area (Å²) in [5.41, 5.74) is 1.93.